The lowest BCUT2D eigenvalue weighted by molar-refractivity contribution is -0.384. The van der Waals surface area contributed by atoms with Crippen LogP contribution in [0.15, 0.2) is 29.6 Å². The average molecular weight is 369 g/mol. The molecule has 24 heavy (non-hydrogen) atoms. The predicted molar refractivity (Wildman–Crippen MR) is 94.8 cm³/mol. The monoisotopic (exact) mass is 368 g/mol. The summed E-state index contributed by atoms with van der Waals surface area (Å²) in [6, 6.07) is 6.55. The standard InChI is InChI=1S/C15H16N4O3S.ClH/c1-10-8-18(6-5-16-10)15(20)13-9-23-14(17-13)11-3-2-4-12(7-11)19(21)22;/h2-4,7,9-10,16H,5-6,8H2,1H3;1H. The maximum Gasteiger partial charge on any atom is 0.273 e. The van der Waals surface area contributed by atoms with Crippen molar-refractivity contribution in [3.63, 3.8) is 0 Å². The third-order valence-electron chi connectivity index (χ3n) is 3.68. The first-order valence-corrected chi connectivity index (χ1v) is 8.15. The van der Waals surface area contributed by atoms with Crippen molar-refractivity contribution >= 4 is 35.3 Å². The molecule has 1 N–H and O–H groups in total. The quantitative estimate of drug-likeness (QED) is 0.664. The molecule has 1 unspecified atom stereocenters. The van der Waals surface area contributed by atoms with Crippen LogP contribution in [0.2, 0.25) is 0 Å². The van der Waals surface area contributed by atoms with Gasteiger partial charge in [-0.25, -0.2) is 4.98 Å². The average Bonchev–Trinajstić information content (AvgIpc) is 3.04. The van der Waals surface area contributed by atoms with Crippen molar-refractivity contribution in [1.29, 1.82) is 0 Å². The van der Waals surface area contributed by atoms with E-state index in [-0.39, 0.29) is 30.0 Å². The highest BCUT2D eigenvalue weighted by Crippen LogP contribution is 2.27. The molecule has 3 rings (SSSR count). The summed E-state index contributed by atoms with van der Waals surface area (Å²) in [6.45, 7) is 4.12. The van der Waals surface area contributed by atoms with E-state index in [1.54, 1.807) is 22.4 Å². The van der Waals surface area contributed by atoms with Crippen molar-refractivity contribution in [2.75, 3.05) is 19.6 Å². The van der Waals surface area contributed by atoms with Crippen LogP contribution in [0.5, 0.6) is 0 Å². The number of nitro groups is 1. The Morgan fingerprint density at radius 2 is 2.29 bits per heavy atom. The zero-order chi connectivity index (χ0) is 16.4. The first-order valence-electron chi connectivity index (χ1n) is 7.27. The first kappa shape index (κ1) is 18.3. The third-order valence-corrected chi connectivity index (χ3v) is 4.57. The van der Waals surface area contributed by atoms with Gasteiger partial charge in [-0.3, -0.25) is 14.9 Å². The fourth-order valence-electron chi connectivity index (χ4n) is 2.54. The molecule has 1 aliphatic heterocycles. The van der Waals surface area contributed by atoms with Crippen molar-refractivity contribution < 1.29 is 9.72 Å². The maximum absolute atomic E-state index is 12.5. The smallest absolute Gasteiger partial charge is 0.273 e. The van der Waals surface area contributed by atoms with Crippen LogP contribution in [0.3, 0.4) is 0 Å². The minimum absolute atomic E-state index is 0. The molecular formula is C15H17ClN4O3S. The van der Waals surface area contributed by atoms with E-state index in [9.17, 15) is 14.9 Å². The Balaban J connectivity index is 0.00000208. The normalized spacial score (nSPS) is 17.2. The van der Waals surface area contributed by atoms with Crippen LogP contribution in [-0.2, 0) is 0 Å². The topological polar surface area (TPSA) is 88.4 Å². The highest BCUT2D eigenvalue weighted by molar-refractivity contribution is 7.13. The molecule has 1 saturated heterocycles. The molecule has 2 aromatic rings. The molecule has 1 atom stereocenters. The summed E-state index contributed by atoms with van der Waals surface area (Å²) < 4.78 is 0. The van der Waals surface area contributed by atoms with Crippen LogP contribution in [0.4, 0.5) is 5.69 Å². The molecule has 0 radical (unpaired) electrons. The third kappa shape index (κ3) is 3.89. The summed E-state index contributed by atoms with van der Waals surface area (Å²) in [4.78, 5) is 29.1. The summed E-state index contributed by atoms with van der Waals surface area (Å²) in [5, 5.41) is 16.5. The number of non-ortho nitro benzene ring substituents is 1. The number of hydrogen-bond donors (Lipinski definition) is 1. The SMILES string of the molecule is CC1CN(C(=O)c2csc(-c3cccc([N+](=O)[O-])c3)n2)CCN1.Cl. The number of piperazine rings is 1. The highest BCUT2D eigenvalue weighted by atomic mass is 35.5. The Morgan fingerprint density at radius 3 is 3.00 bits per heavy atom. The Hall–Kier alpha value is -2.03. The van der Waals surface area contributed by atoms with Gasteiger partial charge in [-0.2, -0.15) is 0 Å². The van der Waals surface area contributed by atoms with Crippen LogP contribution in [0.25, 0.3) is 10.6 Å². The van der Waals surface area contributed by atoms with E-state index >= 15 is 0 Å². The molecule has 0 aliphatic carbocycles. The summed E-state index contributed by atoms with van der Waals surface area (Å²) in [6.07, 6.45) is 0. The minimum atomic E-state index is -0.439. The van der Waals surface area contributed by atoms with Gasteiger partial charge in [0.25, 0.3) is 11.6 Å². The Morgan fingerprint density at radius 1 is 1.50 bits per heavy atom. The van der Waals surface area contributed by atoms with Crippen LogP contribution < -0.4 is 5.32 Å². The molecule has 0 spiro atoms. The molecule has 1 fully saturated rings. The molecule has 128 valence electrons. The van der Waals surface area contributed by atoms with E-state index in [4.69, 9.17) is 0 Å². The van der Waals surface area contributed by atoms with E-state index in [0.29, 0.717) is 29.4 Å². The summed E-state index contributed by atoms with van der Waals surface area (Å²) in [7, 11) is 0. The lowest BCUT2D eigenvalue weighted by Gasteiger charge is -2.31. The first-order chi connectivity index (χ1) is 11.0. The van der Waals surface area contributed by atoms with Gasteiger partial charge in [0.1, 0.15) is 10.7 Å². The van der Waals surface area contributed by atoms with Gasteiger partial charge in [0, 0.05) is 48.8 Å². The lowest BCUT2D eigenvalue weighted by atomic mass is 10.2. The van der Waals surface area contributed by atoms with E-state index in [2.05, 4.69) is 10.3 Å². The second-order valence-corrected chi connectivity index (χ2v) is 6.31. The zero-order valence-corrected chi connectivity index (χ0v) is 14.6. The van der Waals surface area contributed by atoms with Gasteiger partial charge >= 0.3 is 0 Å². The lowest BCUT2D eigenvalue weighted by Crippen LogP contribution is -2.51. The number of nitro benzene ring substituents is 1. The number of carbonyl (C=O) groups excluding carboxylic acids is 1. The molecular weight excluding hydrogens is 352 g/mol. The highest BCUT2D eigenvalue weighted by Gasteiger charge is 2.23. The van der Waals surface area contributed by atoms with Crippen molar-refractivity contribution in [1.82, 2.24) is 15.2 Å². The number of halogens is 1. The van der Waals surface area contributed by atoms with Gasteiger partial charge in [0.15, 0.2) is 0 Å². The number of carbonyl (C=O) groups is 1. The summed E-state index contributed by atoms with van der Waals surface area (Å²) >= 11 is 1.32. The van der Waals surface area contributed by atoms with Crippen molar-refractivity contribution in [3.8, 4) is 10.6 Å². The maximum atomic E-state index is 12.5. The second-order valence-electron chi connectivity index (χ2n) is 5.45. The minimum Gasteiger partial charge on any atom is -0.334 e. The van der Waals surface area contributed by atoms with Crippen LogP contribution in [0.1, 0.15) is 17.4 Å². The second kappa shape index (κ2) is 7.69. The number of aromatic nitrogens is 1. The van der Waals surface area contributed by atoms with Gasteiger partial charge in [0.05, 0.1) is 4.92 Å². The molecule has 9 heteroatoms. The zero-order valence-electron chi connectivity index (χ0n) is 13.0. The van der Waals surface area contributed by atoms with E-state index in [1.165, 1.54) is 23.5 Å². The van der Waals surface area contributed by atoms with E-state index < -0.39 is 4.92 Å². The van der Waals surface area contributed by atoms with Crippen LogP contribution in [0, 0.1) is 10.1 Å². The van der Waals surface area contributed by atoms with Gasteiger partial charge in [0.2, 0.25) is 0 Å². The van der Waals surface area contributed by atoms with E-state index in [1.807, 2.05) is 6.92 Å². The van der Waals surface area contributed by atoms with E-state index in [0.717, 1.165) is 6.54 Å². The van der Waals surface area contributed by atoms with Crippen molar-refractivity contribution in [2.24, 2.45) is 0 Å². The number of thiazole rings is 1. The Labute approximate surface area is 149 Å². The number of nitrogens with zero attached hydrogens (tertiary/aromatic N) is 3. The molecule has 1 aromatic heterocycles. The van der Waals surface area contributed by atoms with Crippen molar-refractivity contribution in [2.45, 2.75) is 13.0 Å². The molecule has 0 saturated carbocycles. The molecule has 1 amide bonds. The summed E-state index contributed by atoms with van der Waals surface area (Å²) in [5.74, 6) is -0.0914. The number of nitrogens with one attached hydrogen (secondary N) is 1. The van der Waals surface area contributed by atoms with Crippen LogP contribution >= 0.6 is 23.7 Å². The predicted octanol–water partition coefficient (Wildman–Crippen LogP) is 2.57. The molecule has 1 aliphatic rings. The number of amides is 1. The van der Waals surface area contributed by atoms with Gasteiger partial charge < -0.3 is 10.2 Å². The number of benzene rings is 1. The fraction of sp³-hybridized carbons (Fsp3) is 0.333. The molecule has 7 nitrogen and oxygen atoms in total. The molecule has 1 aromatic carbocycles. The van der Waals surface area contributed by atoms with Crippen LogP contribution in [-0.4, -0.2) is 46.4 Å². The van der Waals surface area contributed by atoms with Crippen molar-refractivity contribution in [3.05, 3.63) is 45.5 Å². The number of hydrogen-bond acceptors (Lipinski definition) is 6. The fourth-order valence-corrected chi connectivity index (χ4v) is 3.33. The molecule has 0 bridgehead atoms. The Kier molecular flexibility index (Phi) is 5.87. The Bertz CT molecular complexity index is 752. The van der Waals surface area contributed by atoms with Gasteiger partial charge in [-0.05, 0) is 6.92 Å². The van der Waals surface area contributed by atoms with Gasteiger partial charge in [-0.15, -0.1) is 23.7 Å². The molecule has 2 heterocycles. The number of rotatable bonds is 3. The summed E-state index contributed by atoms with van der Waals surface area (Å²) in [5.41, 5.74) is 1.06. The van der Waals surface area contributed by atoms with Gasteiger partial charge in [-0.1, -0.05) is 12.1 Å². The largest absolute Gasteiger partial charge is 0.334 e.